The predicted molar refractivity (Wildman–Crippen MR) is 55.8 cm³/mol. The molecule has 0 unspecified atom stereocenters. The first-order valence-electron chi connectivity index (χ1n) is 4.00. The lowest BCUT2D eigenvalue weighted by Gasteiger charge is -2.06. The molecule has 0 saturated heterocycles. The third-order valence-electron chi connectivity index (χ3n) is 1.69. The normalized spacial score (nSPS) is 10.7. The molecular weight excluding hydrogens is 216 g/mol. The van der Waals surface area contributed by atoms with Crippen LogP contribution in [-0.2, 0) is 16.8 Å². The van der Waals surface area contributed by atoms with Gasteiger partial charge in [0.05, 0.1) is 11.3 Å². The molecular formula is C8H10N4O2S. The number of rotatable bonds is 3. The van der Waals surface area contributed by atoms with Gasteiger partial charge < -0.3 is 5.73 Å². The second-order valence-corrected chi connectivity index (χ2v) is 4.14. The van der Waals surface area contributed by atoms with Crippen LogP contribution in [0.2, 0.25) is 0 Å². The van der Waals surface area contributed by atoms with Crippen molar-refractivity contribution in [3.8, 4) is 6.07 Å². The van der Waals surface area contributed by atoms with E-state index in [0.717, 1.165) is 5.56 Å². The summed E-state index contributed by atoms with van der Waals surface area (Å²) in [5, 5.41) is 13.6. The van der Waals surface area contributed by atoms with E-state index in [0.29, 0.717) is 0 Å². The minimum atomic E-state index is -3.86. The number of hydrogen-bond acceptors (Lipinski definition) is 4. The maximum atomic E-state index is 10.8. The quantitative estimate of drug-likeness (QED) is 0.650. The fourth-order valence-electron chi connectivity index (χ4n) is 1.05. The van der Waals surface area contributed by atoms with Crippen LogP contribution in [0.1, 0.15) is 11.1 Å². The number of hydrogen-bond donors (Lipinski definition) is 3. The highest BCUT2D eigenvalue weighted by Crippen LogP contribution is 2.16. The first-order chi connectivity index (χ1) is 6.96. The highest BCUT2D eigenvalue weighted by atomic mass is 32.2. The average molecular weight is 226 g/mol. The molecule has 1 aromatic carbocycles. The van der Waals surface area contributed by atoms with E-state index in [2.05, 4.69) is 0 Å². The van der Waals surface area contributed by atoms with E-state index in [1.165, 1.54) is 12.1 Å². The van der Waals surface area contributed by atoms with Crippen LogP contribution in [0.5, 0.6) is 0 Å². The van der Waals surface area contributed by atoms with Gasteiger partial charge in [0.15, 0.2) is 0 Å². The fourth-order valence-corrected chi connectivity index (χ4v) is 1.54. The van der Waals surface area contributed by atoms with Gasteiger partial charge in [0.1, 0.15) is 6.07 Å². The van der Waals surface area contributed by atoms with E-state index in [1.807, 2.05) is 10.8 Å². The zero-order valence-corrected chi connectivity index (χ0v) is 8.58. The standard InChI is InChI=1S/C8H10N4O2S/c9-4-6-1-2-8(7(3-6)5-10)12-15(11,13)14/h1-3,12H,4,9H2,(H2,11,13,14). The zero-order valence-electron chi connectivity index (χ0n) is 7.77. The smallest absolute Gasteiger partial charge is 0.296 e. The van der Waals surface area contributed by atoms with E-state index in [9.17, 15) is 8.42 Å². The highest BCUT2D eigenvalue weighted by Gasteiger charge is 2.07. The highest BCUT2D eigenvalue weighted by molar-refractivity contribution is 7.90. The van der Waals surface area contributed by atoms with E-state index < -0.39 is 10.2 Å². The summed E-state index contributed by atoms with van der Waals surface area (Å²) >= 11 is 0. The molecule has 1 rings (SSSR count). The molecule has 0 aromatic heterocycles. The molecule has 0 fully saturated rings. The van der Waals surface area contributed by atoms with Crippen LogP contribution in [0.4, 0.5) is 5.69 Å². The topological polar surface area (TPSA) is 122 Å². The number of benzene rings is 1. The SMILES string of the molecule is N#Cc1cc(CN)ccc1NS(N)(=O)=O. The molecule has 7 heteroatoms. The van der Waals surface area contributed by atoms with Crippen molar-refractivity contribution in [3.63, 3.8) is 0 Å². The van der Waals surface area contributed by atoms with Gasteiger partial charge in [-0.05, 0) is 17.7 Å². The van der Waals surface area contributed by atoms with Crippen LogP contribution < -0.4 is 15.6 Å². The Morgan fingerprint density at radius 1 is 1.47 bits per heavy atom. The Morgan fingerprint density at radius 2 is 2.13 bits per heavy atom. The third kappa shape index (κ3) is 3.21. The van der Waals surface area contributed by atoms with Crippen LogP contribution in [-0.4, -0.2) is 8.42 Å². The van der Waals surface area contributed by atoms with Crippen molar-refractivity contribution in [2.24, 2.45) is 10.9 Å². The molecule has 1 aromatic rings. The summed E-state index contributed by atoms with van der Waals surface area (Å²) in [5.74, 6) is 0. The maximum absolute atomic E-state index is 10.8. The van der Waals surface area contributed by atoms with Crippen LogP contribution in [0.25, 0.3) is 0 Å². The van der Waals surface area contributed by atoms with Crippen LogP contribution in [0.3, 0.4) is 0 Å². The Kier molecular flexibility index (Phi) is 3.26. The number of nitriles is 1. The Hall–Kier alpha value is -1.62. The van der Waals surface area contributed by atoms with E-state index in [1.54, 1.807) is 6.07 Å². The predicted octanol–water partition coefficient (Wildman–Crippen LogP) is -0.368. The molecule has 15 heavy (non-hydrogen) atoms. The molecule has 0 aliphatic rings. The molecule has 0 saturated carbocycles. The molecule has 0 aliphatic heterocycles. The number of nitrogens with zero attached hydrogens (tertiary/aromatic N) is 1. The summed E-state index contributed by atoms with van der Waals surface area (Å²) in [6.07, 6.45) is 0. The number of anilines is 1. The first kappa shape index (κ1) is 11.5. The Labute approximate surface area is 87.7 Å². The lowest BCUT2D eigenvalue weighted by atomic mass is 10.1. The van der Waals surface area contributed by atoms with Gasteiger partial charge in [-0.25, -0.2) is 5.14 Å². The van der Waals surface area contributed by atoms with Crippen molar-refractivity contribution < 1.29 is 8.42 Å². The zero-order chi connectivity index (χ0) is 11.5. The van der Waals surface area contributed by atoms with E-state index in [4.69, 9.17) is 16.1 Å². The summed E-state index contributed by atoms with van der Waals surface area (Å²) < 4.78 is 23.6. The second kappa shape index (κ2) is 4.27. The van der Waals surface area contributed by atoms with Gasteiger partial charge in [-0.1, -0.05) is 6.07 Å². The fraction of sp³-hybridized carbons (Fsp3) is 0.125. The van der Waals surface area contributed by atoms with Gasteiger partial charge in [0, 0.05) is 6.54 Å². The Bertz CT molecular complexity index is 504. The lowest BCUT2D eigenvalue weighted by Crippen LogP contribution is -2.22. The monoisotopic (exact) mass is 226 g/mol. The van der Waals surface area contributed by atoms with Crippen LogP contribution in [0, 0.1) is 11.3 Å². The third-order valence-corrected chi connectivity index (χ3v) is 2.20. The molecule has 80 valence electrons. The molecule has 0 bridgehead atoms. The van der Waals surface area contributed by atoms with Crippen molar-refractivity contribution >= 4 is 15.9 Å². The lowest BCUT2D eigenvalue weighted by molar-refractivity contribution is 0.603. The molecule has 0 aliphatic carbocycles. The van der Waals surface area contributed by atoms with Gasteiger partial charge in [-0.3, -0.25) is 4.72 Å². The number of nitrogens with two attached hydrogens (primary N) is 2. The van der Waals surface area contributed by atoms with Gasteiger partial charge in [-0.15, -0.1) is 0 Å². The van der Waals surface area contributed by atoms with Gasteiger partial charge in [0.25, 0.3) is 10.2 Å². The Morgan fingerprint density at radius 3 is 2.60 bits per heavy atom. The summed E-state index contributed by atoms with van der Waals surface area (Å²) in [5.41, 5.74) is 6.46. The van der Waals surface area contributed by atoms with Crippen molar-refractivity contribution in [1.29, 1.82) is 5.26 Å². The minimum absolute atomic E-state index is 0.150. The molecule has 0 spiro atoms. The van der Waals surface area contributed by atoms with E-state index >= 15 is 0 Å². The Balaban J connectivity index is 3.15. The molecule has 0 heterocycles. The summed E-state index contributed by atoms with van der Waals surface area (Å²) in [7, 11) is -3.86. The largest absolute Gasteiger partial charge is 0.326 e. The summed E-state index contributed by atoms with van der Waals surface area (Å²) in [6.45, 7) is 0.282. The number of nitrogens with one attached hydrogen (secondary N) is 1. The van der Waals surface area contributed by atoms with Gasteiger partial charge in [0.2, 0.25) is 0 Å². The van der Waals surface area contributed by atoms with E-state index in [-0.39, 0.29) is 17.8 Å². The van der Waals surface area contributed by atoms with Gasteiger partial charge >= 0.3 is 0 Å². The maximum Gasteiger partial charge on any atom is 0.296 e. The van der Waals surface area contributed by atoms with Crippen molar-refractivity contribution in [2.75, 3.05) is 4.72 Å². The van der Waals surface area contributed by atoms with Crippen molar-refractivity contribution in [3.05, 3.63) is 29.3 Å². The molecule has 5 N–H and O–H groups in total. The molecule has 0 amide bonds. The molecule has 0 radical (unpaired) electrons. The van der Waals surface area contributed by atoms with Gasteiger partial charge in [-0.2, -0.15) is 13.7 Å². The molecule has 0 atom stereocenters. The molecule has 6 nitrogen and oxygen atoms in total. The van der Waals surface area contributed by atoms with Crippen molar-refractivity contribution in [2.45, 2.75) is 6.54 Å². The average Bonchev–Trinajstić information content (AvgIpc) is 2.16. The van der Waals surface area contributed by atoms with Crippen LogP contribution in [0.15, 0.2) is 18.2 Å². The van der Waals surface area contributed by atoms with Crippen molar-refractivity contribution in [1.82, 2.24) is 0 Å². The minimum Gasteiger partial charge on any atom is -0.326 e. The second-order valence-electron chi connectivity index (χ2n) is 2.84. The summed E-state index contributed by atoms with van der Waals surface area (Å²) in [4.78, 5) is 0. The summed E-state index contributed by atoms with van der Waals surface area (Å²) in [6, 6.07) is 6.43. The first-order valence-corrected chi connectivity index (χ1v) is 5.54. The van der Waals surface area contributed by atoms with Crippen LogP contribution >= 0.6 is 0 Å².